The minimum atomic E-state index is -1.98. The van der Waals surface area contributed by atoms with E-state index in [1.165, 1.54) is 0 Å². The zero-order chi connectivity index (χ0) is 31.6. The van der Waals surface area contributed by atoms with Gasteiger partial charge in [0.05, 0.1) is 24.0 Å². The smallest absolute Gasteiger partial charge is 0.309 e. The monoisotopic (exact) mass is 614 g/mol. The number of rotatable bonds is 12. The Morgan fingerprint density at radius 1 is 1.07 bits per heavy atom. The van der Waals surface area contributed by atoms with Gasteiger partial charge in [-0.15, -0.1) is 5.54 Å². The average molecular weight is 615 g/mol. The molecule has 1 unspecified atom stereocenters. The third kappa shape index (κ3) is 8.03. The van der Waals surface area contributed by atoms with Crippen molar-refractivity contribution in [2.75, 3.05) is 13.2 Å². The average Bonchev–Trinajstić information content (AvgIpc) is 3.25. The van der Waals surface area contributed by atoms with E-state index in [0.29, 0.717) is 39.1 Å². The molecular formula is C34H54O6Si2. The van der Waals surface area contributed by atoms with Crippen LogP contribution in [0.1, 0.15) is 72.8 Å². The minimum absolute atomic E-state index is 0.0198. The number of hydrogen-bond donors (Lipinski definition) is 0. The Labute approximate surface area is 256 Å². The highest BCUT2D eigenvalue weighted by molar-refractivity contribution is 6.83. The second-order valence-corrected chi connectivity index (χ2v) is 25.0. The van der Waals surface area contributed by atoms with Crippen LogP contribution in [0.2, 0.25) is 37.8 Å². The molecule has 0 saturated carbocycles. The number of esters is 1. The lowest BCUT2D eigenvalue weighted by Gasteiger charge is -2.42. The molecule has 1 aromatic rings. The van der Waals surface area contributed by atoms with E-state index in [1.54, 1.807) is 6.92 Å². The summed E-state index contributed by atoms with van der Waals surface area (Å²) in [6, 6.07) is 10.0. The summed E-state index contributed by atoms with van der Waals surface area (Å²) < 4.78 is 25.6. The third-order valence-corrected chi connectivity index (χ3v) is 14.9. The molecule has 2 heterocycles. The van der Waals surface area contributed by atoms with Crippen LogP contribution in [0.15, 0.2) is 30.3 Å². The number of hydrogen-bond acceptors (Lipinski definition) is 6. The van der Waals surface area contributed by atoms with Crippen molar-refractivity contribution in [3.63, 3.8) is 0 Å². The first-order valence-electron chi connectivity index (χ1n) is 15.4. The minimum Gasteiger partial charge on any atom is -0.456 e. The van der Waals surface area contributed by atoms with Gasteiger partial charge in [0.2, 0.25) is 0 Å². The normalized spacial score (nSPS) is 25.3. The van der Waals surface area contributed by atoms with Crippen LogP contribution in [-0.4, -0.2) is 58.7 Å². The molecule has 2 saturated heterocycles. The van der Waals surface area contributed by atoms with Crippen LogP contribution in [0.5, 0.6) is 0 Å². The van der Waals surface area contributed by atoms with Crippen molar-refractivity contribution in [3.05, 3.63) is 35.9 Å². The molecule has 6 nitrogen and oxygen atoms in total. The molecule has 2 aliphatic rings. The summed E-state index contributed by atoms with van der Waals surface area (Å²) in [7, 11) is -3.81. The molecule has 0 bridgehead atoms. The van der Waals surface area contributed by atoms with Gasteiger partial charge >= 0.3 is 5.97 Å². The van der Waals surface area contributed by atoms with Gasteiger partial charge in [-0.1, -0.05) is 76.7 Å². The SMILES string of the molecule is CC(=O)[C@](C#C[Si](C)(C)C)(CCOCc1ccccc1)C[C@@]12OC(=O)C[C@@H]1OC(C)(C)C2CCO[Si](C)(C)C(C)(C)C. The molecule has 2 fully saturated rings. The lowest BCUT2D eigenvalue weighted by Crippen LogP contribution is -2.51. The number of ketones is 1. The highest BCUT2D eigenvalue weighted by Gasteiger charge is 2.68. The molecule has 0 radical (unpaired) electrons. The first kappa shape index (κ1) is 34.7. The third-order valence-electron chi connectivity index (χ3n) is 9.47. The Morgan fingerprint density at radius 2 is 1.71 bits per heavy atom. The van der Waals surface area contributed by atoms with Crippen molar-refractivity contribution in [2.24, 2.45) is 11.3 Å². The number of carbonyl (C=O) groups is 2. The van der Waals surface area contributed by atoms with E-state index in [1.807, 2.05) is 30.3 Å². The van der Waals surface area contributed by atoms with Crippen LogP contribution >= 0.6 is 0 Å². The van der Waals surface area contributed by atoms with Gasteiger partial charge in [-0.3, -0.25) is 9.59 Å². The molecule has 3 rings (SSSR count). The molecule has 2 aliphatic heterocycles. The van der Waals surface area contributed by atoms with Gasteiger partial charge in [-0.2, -0.15) is 0 Å². The Hall–Kier alpha value is -1.77. The highest BCUT2D eigenvalue weighted by Crippen LogP contribution is 2.56. The Balaban J connectivity index is 1.96. The first-order valence-corrected chi connectivity index (χ1v) is 21.8. The summed E-state index contributed by atoms with van der Waals surface area (Å²) in [6.07, 6.45) is 1.14. The van der Waals surface area contributed by atoms with Crippen LogP contribution in [0.25, 0.3) is 0 Å². The molecular weight excluding hydrogens is 561 g/mol. The van der Waals surface area contributed by atoms with Gasteiger partial charge in [-0.25, -0.2) is 0 Å². The number of benzene rings is 1. The zero-order valence-electron chi connectivity index (χ0n) is 27.9. The van der Waals surface area contributed by atoms with Crippen molar-refractivity contribution in [3.8, 4) is 11.5 Å². The lowest BCUT2D eigenvalue weighted by molar-refractivity contribution is -0.158. The molecule has 0 amide bonds. The fourth-order valence-corrected chi connectivity index (χ4v) is 7.68. The van der Waals surface area contributed by atoms with E-state index in [0.717, 1.165) is 5.56 Å². The highest BCUT2D eigenvalue weighted by atomic mass is 28.4. The largest absolute Gasteiger partial charge is 0.456 e. The Bertz CT molecular complexity index is 1170. The van der Waals surface area contributed by atoms with Crippen molar-refractivity contribution in [2.45, 2.75) is 129 Å². The second kappa shape index (κ2) is 12.7. The first-order chi connectivity index (χ1) is 19.2. The number of fused-ring (bicyclic) bond motifs is 1. The van der Waals surface area contributed by atoms with E-state index in [4.69, 9.17) is 18.6 Å². The summed E-state index contributed by atoms with van der Waals surface area (Å²) in [4.78, 5) is 26.6. The lowest BCUT2D eigenvalue weighted by atomic mass is 9.65. The van der Waals surface area contributed by atoms with Gasteiger partial charge in [0, 0.05) is 25.6 Å². The summed E-state index contributed by atoms with van der Waals surface area (Å²) in [5.74, 6) is 3.03. The fraction of sp³-hybridized carbons (Fsp3) is 0.706. The number of Topliss-reactive ketones (excluding diaryl/α,β-unsaturated/α-hetero) is 1. The fourth-order valence-electron chi connectivity index (χ4n) is 6.00. The van der Waals surface area contributed by atoms with Crippen molar-refractivity contribution >= 4 is 28.1 Å². The Morgan fingerprint density at radius 3 is 2.29 bits per heavy atom. The number of ether oxygens (including phenoxy) is 3. The molecule has 42 heavy (non-hydrogen) atoms. The van der Waals surface area contributed by atoms with Gasteiger partial charge in [-0.05, 0) is 57.3 Å². The maximum Gasteiger partial charge on any atom is 0.309 e. The van der Waals surface area contributed by atoms with E-state index in [9.17, 15) is 9.59 Å². The van der Waals surface area contributed by atoms with E-state index < -0.39 is 39.1 Å². The summed E-state index contributed by atoms with van der Waals surface area (Å²) in [6.45, 7) is 24.9. The molecule has 0 aliphatic carbocycles. The molecule has 8 heteroatoms. The molecule has 4 atom stereocenters. The molecule has 234 valence electrons. The predicted molar refractivity (Wildman–Crippen MR) is 173 cm³/mol. The Kier molecular flexibility index (Phi) is 10.5. The molecule has 1 aromatic carbocycles. The van der Waals surface area contributed by atoms with Crippen molar-refractivity contribution in [1.29, 1.82) is 0 Å². The van der Waals surface area contributed by atoms with Gasteiger partial charge in [0.15, 0.2) is 8.32 Å². The van der Waals surface area contributed by atoms with Crippen LogP contribution in [-0.2, 0) is 34.8 Å². The van der Waals surface area contributed by atoms with Crippen LogP contribution in [0.3, 0.4) is 0 Å². The van der Waals surface area contributed by atoms with E-state index in [2.05, 4.69) is 78.8 Å². The van der Waals surface area contributed by atoms with Gasteiger partial charge in [0.1, 0.15) is 25.6 Å². The van der Waals surface area contributed by atoms with Crippen molar-refractivity contribution < 1.29 is 28.2 Å². The van der Waals surface area contributed by atoms with Crippen molar-refractivity contribution in [1.82, 2.24) is 0 Å². The van der Waals surface area contributed by atoms with E-state index >= 15 is 0 Å². The summed E-state index contributed by atoms with van der Waals surface area (Å²) >= 11 is 0. The quantitative estimate of drug-likeness (QED) is 0.106. The maximum atomic E-state index is 13.7. The van der Waals surface area contributed by atoms with Crippen LogP contribution in [0, 0.1) is 22.8 Å². The predicted octanol–water partition coefficient (Wildman–Crippen LogP) is 7.33. The van der Waals surface area contributed by atoms with Gasteiger partial charge in [0.25, 0.3) is 0 Å². The standard InChI is InChI=1S/C34H54O6Si2/c1-26(35)33(19-22-41(7,8)9,18-21-37-24-27-15-13-12-14-16-27)25-34-28(17-20-38-42(10,11)31(2,3)4)32(5,6)39-29(34)23-30(36)40-34/h12-16,28-29H,17-18,20-21,23-25H2,1-11H3/t28?,29-,33-,34-/m0/s1. The topological polar surface area (TPSA) is 71.1 Å². The molecule has 0 aromatic heterocycles. The molecule has 0 spiro atoms. The second-order valence-electron chi connectivity index (χ2n) is 15.4. The van der Waals surface area contributed by atoms with Gasteiger partial charge < -0.3 is 18.6 Å². The summed E-state index contributed by atoms with van der Waals surface area (Å²) in [5.41, 5.74) is 2.03. The number of carbonyl (C=O) groups excluding carboxylic acids is 2. The summed E-state index contributed by atoms with van der Waals surface area (Å²) in [5, 5.41) is 0.0880. The van der Waals surface area contributed by atoms with E-state index in [-0.39, 0.29) is 29.1 Å². The zero-order valence-corrected chi connectivity index (χ0v) is 29.9. The molecule has 0 N–H and O–H groups in total. The maximum absolute atomic E-state index is 13.7. The van der Waals surface area contributed by atoms with Crippen LogP contribution < -0.4 is 0 Å². The van der Waals surface area contributed by atoms with Crippen LogP contribution in [0.4, 0.5) is 0 Å².